The van der Waals surface area contributed by atoms with E-state index in [1.54, 1.807) is 25.4 Å². The average molecular weight is 298 g/mol. The Labute approximate surface area is 131 Å². The van der Waals surface area contributed by atoms with Gasteiger partial charge in [-0.25, -0.2) is 0 Å². The molecule has 0 fully saturated rings. The zero-order valence-corrected chi connectivity index (χ0v) is 13.1. The highest BCUT2D eigenvalue weighted by Crippen LogP contribution is 2.24. The summed E-state index contributed by atoms with van der Waals surface area (Å²) in [7, 11) is 1.67. The van der Waals surface area contributed by atoms with Gasteiger partial charge in [0.1, 0.15) is 11.4 Å². The Hall–Kier alpha value is -2.36. The van der Waals surface area contributed by atoms with Crippen LogP contribution in [0.2, 0.25) is 0 Å². The molecule has 1 aromatic carbocycles. The largest absolute Gasteiger partial charge is 0.497 e. The lowest BCUT2D eigenvalue weighted by Gasteiger charge is -2.16. The highest BCUT2D eigenvalue weighted by Gasteiger charge is 2.11. The molecule has 0 radical (unpaired) electrons. The van der Waals surface area contributed by atoms with Crippen molar-refractivity contribution in [3.8, 4) is 5.75 Å². The number of nitrogens with zero attached hydrogens (tertiary/aromatic N) is 1. The van der Waals surface area contributed by atoms with Gasteiger partial charge in [0.05, 0.1) is 7.11 Å². The minimum Gasteiger partial charge on any atom is -0.497 e. The molecule has 1 aromatic heterocycles. The maximum atomic E-state index is 11.9. The second-order valence-corrected chi connectivity index (χ2v) is 5.14. The Kier molecular flexibility index (Phi) is 5.95. The van der Waals surface area contributed by atoms with Crippen molar-refractivity contribution < 1.29 is 9.53 Å². The molecule has 0 saturated heterocycles. The van der Waals surface area contributed by atoms with E-state index in [9.17, 15) is 4.79 Å². The number of pyridine rings is 1. The summed E-state index contributed by atoms with van der Waals surface area (Å²) in [5.74, 6) is 1.17. The number of carbonyl (C=O) groups is 1. The molecule has 1 unspecified atom stereocenters. The van der Waals surface area contributed by atoms with Gasteiger partial charge in [0.15, 0.2) is 0 Å². The summed E-state index contributed by atoms with van der Waals surface area (Å²) >= 11 is 0. The minimum absolute atomic E-state index is 0.120. The highest BCUT2D eigenvalue weighted by molar-refractivity contribution is 5.92. The van der Waals surface area contributed by atoms with Gasteiger partial charge in [-0.1, -0.05) is 25.1 Å². The van der Waals surface area contributed by atoms with Gasteiger partial charge in [-0.3, -0.25) is 9.78 Å². The first-order chi connectivity index (χ1) is 10.7. The molecule has 1 amide bonds. The molecule has 4 heteroatoms. The third-order valence-corrected chi connectivity index (χ3v) is 3.76. The van der Waals surface area contributed by atoms with Gasteiger partial charge in [-0.05, 0) is 48.6 Å². The summed E-state index contributed by atoms with van der Waals surface area (Å²) in [6, 6.07) is 13.5. The smallest absolute Gasteiger partial charge is 0.269 e. The molecule has 116 valence electrons. The van der Waals surface area contributed by atoms with Crippen LogP contribution >= 0.6 is 0 Å². The lowest BCUT2D eigenvalue weighted by molar-refractivity contribution is 0.0947. The number of benzene rings is 1. The number of methoxy groups -OCH3 is 1. The van der Waals surface area contributed by atoms with Crippen LogP contribution in [0.5, 0.6) is 5.75 Å². The number of carbonyl (C=O) groups excluding carboxylic acids is 1. The molecule has 1 heterocycles. The third-order valence-electron chi connectivity index (χ3n) is 3.76. The second-order valence-electron chi connectivity index (χ2n) is 5.14. The first-order valence-electron chi connectivity index (χ1n) is 7.57. The zero-order valence-electron chi connectivity index (χ0n) is 13.1. The van der Waals surface area contributed by atoms with E-state index in [0.29, 0.717) is 18.2 Å². The molecule has 1 N–H and O–H groups in total. The Morgan fingerprint density at radius 2 is 2.00 bits per heavy atom. The number of amides is 1. The summed E-state index contributed by atoms with van der Waals surface area (Å²) in [6.07, 6.45) is 3.56. The summed E-state index contributed by atoms with van der Waals surface area (Å²) in [6.45, 7) is 2.80. The van der Waals surface area contributed by atoms with Crippen LogP contribution in [-0.2, 0) is 0 Å². The Morgan fingerprint density at radius 1 is 1.23 bits per heavy atom. The number of hydrogen-bond acceptors (Lipinski definition) is 3. The minimum atomic E-state index is -0.120. The van der Waals surface area contributed by atoms with Crippen molar-refractivity contribution in [3.63, 3.8) is 0 Å². The fraction of sp³-hybridized carbons (Fsp3) is 0.333. The van der Waals surface area contributed by atoms with Gasteiger partial charge >= 0.3 is 0 Å². The first kappa shape index (κ1) is 16.0. The highest BCUT2D eigenvalue weighted by atomic mass is 16.5. The van der Waals surface area contributed by atoms with E-state index in [1.807, 2.05) is 18.2 Å². The van der Waals surface area contributed by atoms with Crippen LogP contribution in [0.15, 0.2) is 48.7 Å². The number of ether oxygens (including phenoxy) is 1. The fourth-order valence-electron chi connectivity index (χ4n) is 2.43. The molecular weight excluding hydrogens is 276 g/mol. The molecule has 4 nitrogen and oxygen atoms in total. The van der Waals surface area contributed by atoms with Crippen molar-refractivity contribution in [3.05, 3.63) is 59.9 Å². The molecule has 2 rings (SSSR count). The van der Waals surface area contributed by atoms with Gasteiger partial charge in [0.25, 0.3) is 5.91 Å². The maximum Gasteiger partial charge on any atom is 0.269 e. The summed E-state index contributed by atoms with van der Waals surface area (Å²) in [5, 5.41) is 2.93. The van der Waals surface area contributed by atoms with Crippen LogP contribution in [0, 0.1) is 0 Å². The molecule has 22 heavy (non-hydrogen) atoms. The summed E-state index contributed by atoms with van der Waals surface area (Å²) in [5.41, 5.74) is 1.73. The number of rotatable bonds is 7. The van der Waals surface area contributed by atoms with Gasteiger partial charge in [0, 0.05) is 12.7 Å². The zero-order chi connectivity index (χ0) is 15.8. The van der Waals surface area contributed by atoms with E-state index in [0.717, 1.165) is 18.6 Å². The van der Waals surface area contributed by atoms with Gasteiger partial charge in [-0.15, -0.1) is 0 Å². The van der Waals surface area contributed by atoms with E-state index in [2.05, 4.69) is 29.4 Å². The van der Waals surface area contributed by atoms with Crippen molar-refractivity contribution in [2.24, 2.45) is 0 Å². The van der Waals surface area contributed by atoms with Crippen molar-refractivity contribution in [2.75, 3.05) is 13.7 Å². The van der Waals surface area contributed by atoms with E-state index in [4.69, 9.17) is 4.74 Å². The standard InChI is InChI=1S/C18H22N2O2/c1-3-14(15-7-9-16(22-2)10-8-15)11-13-20-18(21)17-6-4-5-12-19-17/h4-10,12,14H,3,11,13H2,1-2H3,(H,20,21). The van der Waals surface area contributed by atoms with E-state index >= 15 is 0 Å². The van der Waals surface area contributed by atoms with Crippen molar-refractivity contribution >= 4 is 5.91 Å². The van der Waals surface area contributed by atoms with Crippen LogP contribution < -0.4 is 10.1 Å². The predicted molar refractivity (Wildman–Crippen MR) is 87.2 cm³/mol. The quantitative estimate of drug-likeness (QED) is 0.852. The van der Waals surface area contributed by atoms with Gasteiger partial charge in [-0.2, -0.15) is 0 Å². The van der Waals surface area contributed by atoms with E-state index in [-0.39, 0.29) is 5.91 Å². The summed E-state index contributed by atoms with van der Waals surface area (Å²) in [4.78, 5) is 16.0. The van der Waals surface area contributed by atoms with Crippen molar-refractivity contribution in [2.45, 2.75) is 25.7 Å². The van der Waals surface area contributed by atoms with Gasteiger partial charge in [0.2, 0.25) is 0 Å². The van der Waals surface area contributed by atoms with Crippen LogP contribution in [0.25, 0.3) is 0 Å². The summed E-state index contributed by atoms with van der Waals surface area (Å²) < 4.78 is 5.18. The molecule has 0 aliphatic heterocycles. The van der Waals surface area contributed by atoms with Crippen LogP contribution in [0.4, 0.5) is 0 Å². The maximum absolute atomic E-state index is 11.9. The van der Waals surface area contributed by atoms with Crippen molar-refractivity contribution in [1.29, 1.82) is 0 Å². The second kappa shape index (κ2) is 8.17. The normalized spacial score (nSPS) is 11.7. The molecule has 2 aromatic rings. The Bertz CT molecular complexity index is 582. The third kappa shape index (κ3) is 4.32. The molecular formula is C18H22N2O2. The average Bonchev–Trinajstić information content (AvgIpc) is 2.59. The predicted octanol–water partition coefficient (Wildman–Crippen LogP) is 3.40. The molecule has 0 spiro atoms. The van der Waals surface area contributed by atoms with Crippen LogP contribution in [0.1, 0.15) is 41.7 Å². The van der Waals surface area contributed by atoms with Gasteiger partial charge < -0.3 is 10.1 Å². The molecule has 1 atom stereocenters. The van der Waals surface area contributed by atoms with E-state index < -0.39 is 0 Å². The van der Waals surface area contributed by atoms with Crippen LogP contribution in [0.3, 0.4) is 0 Å². The topological polar surface area (TPSA) is 51.2 Å². The van der Waals surface area contributed by atoms with Crippen LogP contribution in [-0.4, -0.2) is 24.5 Å². The number of aromatic nitrogens is 1. The number of hydrogen-bond donors (Lipinski definition) is 1. The Balaban J connectivity index is 1.87. The molecule has 0 aliphatic carbocycles. The lowest BCUT2D eigenvalue weighted by Crippen LogP contribution is -2.26. The van der Waals surface area contributed by atoms with E-state index in [1.165, 1.54) is 5.56 Å². The molecule has 0 aliphatic rings. The van der Waals surface area contributed by atoms with Crippen molar-refractivity contribution in [1.82, 2.24) is 10.3 Å². The fourth-order valence-corrected chi connectivity index (χ4v) is 2.43. The Morgan fingerprint density at radius 3 is 2.59 bits per heavy atom. The monoisotopic (exact) mass is 298 g/mol. The number of nitrogens with one attached hydrogen (secondary N) is 1. The first-order valence-corrected chi connectivity index (χ1v) is 7.57. The lowest BCUT2D eigenvalue weighted by atomic mass is 9.93. The molecule has 0 bridgehead atoms. The molecule has 0 saturated carbocycles. The SMILES string of the molecule is CCC(CCNC(=O)c1ccccn1)c1ccc(OC)cc1.